The summed E-state index contributed by atoms with van der Waals surface area (Å²) in [4.78, 5) is 29.7. The number of pyridine rings is 1. The highest BCUT2D eigenvalue weighted by atomic mass is 32.1. The normalized spacial score (nSPS) is 16.6. The van der Waals surface area contributed by atoms with Gasteiger partial charge in [-0.2, -0.15) is 0 Å². The van der Waals surface area contributed by atoms with Crippen LogP contribution in [0.4, 0.5) is 8.78 Å². The topological polar surface area (TPSA) is 81.2 Å². The van der Waals surface area contributed by atoms with Crippen LogP contribution >= 0.6 is 11.3 Å². The van der Waals surface area contributed by atoms with Crippen molar-refractivity contribution < 1.29 is 18.4 Å². The van der Waals surface area contributed by atoms with Crippen molar-refractivity contribution in [3.63, 3.8) is 0 Å². The van der Waals surface area contributed by atoms with E-state index in [-0.39, 0.29) is 31.8 Å². The van der Waals surface area contributed by atoms with Crippen LogP contribution in [-0.4, -0.2) is 45.3 Å². The standard InChI is InChI=1S/C18H16F2N4O2S/c19-18(20)2-5-23(6-3-18)17(26)12-7-11-1-4-24(16(11)22-9-12)14-8-13(10-27-14)15(21)25/h1,4,7-10H,2-3,5-6H2,(H2,21,25). The van der Waals surface area contributed by atoms with Crippen molar-refractivity contribution in [1.29, 1.82) is 0 Å². The number of piperidine rings is 1. The smallest absolute Gasteiger partial charge is 0.255 e. The molecule has 1 fully saturated rings. The lowest BCUT2D eigenvalue weighted by Crippen LogP contribution is -2.42. The maximum absolute atomic E-state index is 13.3. The van der Waals surface area contributed by atoms with Gasteiger partial charge in [-0.15, -0.1) is 11.3 Å². The molecule has 0 aromatic carbocycles. The number of thiophene rings is 1. The number of halogens is 2. The van der Waals surface area contributed by atoms with Crippen LogP contribution in [-0.2, 0) is 0 Å². The zero-order chi connectivity index (χ0) is 19.2. The number of likely N-dealkylation sites (tertiary alicyclic amines) is 1. The minimum absolute atomic E-state index is 0.0377. The summed E-state index contributed by atoms with van der Waals surface area (Å²) in [5, 5.41) is 3.20. The van der Waals surface area contributed by atoms with E-state index in [1.54, 1.807) is 23.7 Å². The van der Waals surface area contributed by atoms with Gasteiger partial charge in [0.2, 0.25) is 5.91 Å². The molecule has 2 amide bonds. The Balaban J connectivity index is 1.60. The third kappa shape index (κ3) is 3.30. The highest BCUT2D eigenvalue weighted by molar-refractivity contribution is 7.12. The van der Waals surface area contributed by atoms with Crippen molar-refractivity contribution >= 4 is 34.2 Å². The van der Waals surface area contributed by atoms with Crippen LogP contribution in [0.2, 0.25) is 0 Å². The number of aromatic nitrogens is 2. The Hall–Kier alpha value is -2.81. The van der Waals surface area contributed by atoms with E-state index in [1.807, 2.05) is 10.6 Å². The van der Waals surface area contributed by atoms with Crippen LogP contribution in [0.3, 0.4) is 0 Å². The zero-order valence-electron chi connectivity index (χ0n) is 14.2. The van der Waals surface area contributed by atoms with Gasteiger partial charge < -0.3 is 10.6 Å². The molecule has 4 heterocycles. The Morgan fingerprint density at radius 3 is 2.59 bits per heavy atom. The summed E-state index contributed by atoms with van der Waals surface area (Å²) >= 11 is 1.36. The Labute approximate surface area is 157 Å². The SMILES string of the molecule is NC(=O)c1csc(-n2ccc3cc(C(=O)N4CCC(F)(F)CC4)cnc32)c1. The molecule has 0 bridgehead atoms. The molecule has 6 nitrogen and oxygen atoms in total. The molecule has 9 heteroatoms. The van der Waals surface area contributed by atoms with Gasteiger partial charge in [0, 0.05) is 49.1 Å². The van der Waals surface area contributed by atoms with Crippen molar-refractivity contribution in [1.82, 2.24) is 14.5 Å². The lowest BCUT2D eigenvalue weighted by molar-refractivity contribution is -0.0494. The number of primary amides is 1. The van der Waals surface area contributed by atoms with E-state index in [0.29, 0.717) is 16.8 Å². The van der Waals surface area contributed by atoms with Gasteiger partial charge in [0.15, 0.2) is 0 Å². The number of hydrogen-bond donors (Lipinski definition) is 1. The molecular formula is C18H16F2N4O2S. The molecule has 140 valence electrons. The van der Waals surface area contributed by atoms with Crippen molar-refractivity contribution in [3.05, 3.63) is 47.1 Å². The third-order valence-corrected chi connectivity index (χ3v) is 5.59. The number of carbonyl (C=O) groups is 2. The summed E-state index contributed by atoms with van der Waals surface area (Å²) in [6.07, 6.45) is 2.62. The summed E-state index contributed by atoms with van der Waals surface area (Å²) in [6, 6.07) is 5.20. The van der Waals surface area contributed by atoms with Gasteiger partial charge in [-0.05, 0) is 18.2 Å². The molecule has 0 spiro atoms. The van der Waals surface area contributed by atoms with Gasteiger partial charge >= 0.3 is 0 Å². The minimum Gasteiger partial charge on any atom is -0.366 e. The first-order valence-corrected chi connectivity index (χ1v) is 9.25. The van der Waals surface area contributed by atoms with Gasteiger partial charge in [-0.1, -0.05) is 0 Å². The third-order valence-electron chi connectivity index (χ3n) is 4.66. The number of hydrogen-bond acceptors (Lipinski definition) is 4. The van der Waals surface area contributed by atoms with E-state index in [0.717, 1.165) is 10.4 Å². The molecule has 0 saturated carbocycles. The molecule has 4 rings (SSSR count). The Morgan fingerprint density at radius 1 is 1.19 bits per heavy atom. The predicted octanol–water partition coefficient (Wildman–Crippen LogP) is 3.06. The number of nitrogens with zero attached hydrogens (tertiary/aromatic N) is 3. The number of nitrogens with two attached hydrogens (primary N) is 1. The first-order chi connectivity index (χ1) is 12.8. The van der Waals surface area contributed by atoms with Gasteiger partial charge in [0.1, 0.15) is 10.6 Å². The van der Waals surface area contributed by atoms with Crippen LogP contribution in [0, 0.1) is 0 Å². The Morgan fingerprint density at radius 2 is 1.93 bits per heavy atom. The maximum atomic E-state index is 13.3. The fourth-order valence-corrected chi connectivity index (χ4v) is 4.01. The molecule has 0 aliphatic carbocycles. The summed E-state index contributed by atoms with van der Waals surface area (Å²) in [5.41, 5.74) is 6.71. The molecule has 27 heavy (non-hydrogen) atoms. The molecule has 1 saturated heterocycles. The molecule has 2 N–H and O–H groups in total. The van der Waals surface area contributed by atoms with E-state index in [1.165, 1.54) is 22.4 Å². The summed E-state index contributed by atoms with van der Waals surface area (Å²) in [6.45, 7) is 0.0753. The minimum atomic E-state index is -2.69. The van der Waals surface area contributed by atoms with Crippen LogP contribution in [0.25, 0.3) is 16.0 Å². The quantitative estimate of drug-likeness (QED) is 0.746. The average Bonchev–Trinajstić information content (AvgIpc) is 3.27. The molecule has 3 aromatic heterocycles. The number of carbonyl (C=O) groups excluding carboxylic acids is 2. The van der Waals surface area contributed by atoms with E-state index in [2.05, 4.69) is 4.98 Å². The Bertz CT molecular complexity index is 1030. The monoisotopic (exact) mass is 390 g/mol. The fourth-order valence-electron chi connectivity index (χ4n) is 3.12. The predicted molar refractivity (Wildman–Crippen MR) is 97.5 cm³/mol. The second-order valence-electron chi connectivity index (χ2n) is 6.51. The highest BCUT2D eigenvalue weighted by Crippen LogP contribution is 2.29. The number of fused-ring (bicyclic) bond motifs is 1. The van der Waals surface area contributed by atoms with E-state index < -0.39 is 11.8 Å². The van der Waals surface area contributed by atoms with E-state index in [4.69, 9.17) is 5.73 Å². The molecule has 3 aromatic rings. The molecule has 1 aliphatic rings. The second kappa shape index (κ2) is 6.41. The molecular weight excluding hydrogens is 374 g/mol. The zero-order valence-corrected chi connectivity index (χ0v) is 15.0. The van der Waals surface area contributed by atoms with Crippen molar-refractivity contribution in [2.75, 3.05) is 13.1 Å². The largest absolute Gasteiger partial charge is 0.366 e. The van der Waals surface area contributed by atoms with E-state index >= 15 is 0 Å². The molecule has 1 aliphatic heterocycles. The fraction of sp³-hybridized carbons (Fsp3) is 0.278. The van der Waals surface area contributed by atoms with Gasteiger partial charge in [-0.25, -0.2) is 13.8 Å². The Kier molecular flexibility index (Phi) is 4.18. The van der Waals surface area contributed by atoms with Gasteiger partial charge in [0.25, 0.3) is 11.8 Å². The summed E-state index contributed by atoms with van der Waals surface area (Å²) < 4.78 is 28.4. The van der Waals surface area contributed by atoms with Crippen LogP contribution < -0.4 is 5.73 Å². The summed E-state index contributed by atoms with van der Waals surface area (Å²) in [5.74, 6) is -3.48. The van der Waals surface area contributed by atoms with Gasteiger partial charge in [0.05, 0.1) is 11.1 Å². The molecule has 0 atom stereocenters. The number of alkyl halides is 2. The van der Waals surface area contributed by atoms with Crippen LogP contribution in [0.1, 0.15) is 33.6 Å². The average molecular weight is 390 g/mol. The number of rotatable bonds is 3. The van der Waals surface area contributed by atoms with Crippen molar-refractivity contribution in [3.8, 4) is 5.00 Å². The first kappa shape index (κ1) is 17.6. The highest BCUT2D eigenvalue weighted by Gasteiger charge is 2.35. The van der Waals surface area contributed by atoms with Crippen molar-refractivity contribution in [2.24, 2.45) is 5.73 Å². The maximum Gasteiger partial charge on any atom is 0.255 e. The molecule has 0 unspecified atom stereocenters. The second-order valence-corrected chi connectivity index (χ2v) is 7.40. The first-order valence-electron chi connectivity index (χ1n) is 8.37. The number of amides is 2. The van der Waals surface area contributed by atoms with Crippen LogP contribution in [0.5, 0.6) is 0 Å². The van der Waals surface area contributed by atoms with Gasteiger partial charge in [-0.3, -0.25) is 14.2 Å². The van der Waals surface area contributed by atoms with Crippen LogP contribution in [0.15, 0.2) is 36.0 Å². The summed E-state index contributed by atoms with van der Waals surface area (Å²) in [7, 11) is 0. The van der Waals surface area contributed by atoms with E-state index in [9.17, 15) is 18.4 Å². The van der Waals surface area contributed by atoms with Crippen molar-refractivity contribution in [2.45, 2.75) is 18.8 Å². The molecule has 0 radical (unpaired) electrons. The lowest BCUT2D eigenvalue weighted by atomic mass is 10.1. The lowest BCUT2D eigenvalue weighted by Gasteiger charge is -2.31.